The van der Waals surface area contributed by atoms with Gasteiger partial charge in [0.15, 0.2) is 10.9 Å². The van der Waals surface area contributed by atoms with E-state index in [0.29, 0.717) is 33.5 Å². The van der Waals surface area contributed by atoms with Crippen molar-refractivity contribution >= 4 is 38.6 Å². The molecule has 0 aliphatic carbocycles. The summed E-state index contributed by atoms with van der Waals surface area (Å²) in [4.78, 5) is 5.64. The predicted octanol–water partition coefficient (Wildman–Crippen LogP) is 2.65. The summed E-state index contributed by atoms with van der Waals surface area (Å²) in [6.07, 6.45) is 0. The van der Waals surface area contributed by atoms with Crippen LogP contribution in [0.25, 0.3) is 0 Å². The molecule has 11 heteroatoms. The van der Waals surface area contributed by atoms with Crippen molar-refractivity contribution in [2.45, 2.75) is 17.2 Å². The maximum Gasteiger partial charge on any atom is 0.242 e. The van der Waals surface area contributed by atoms with Gasteiger partial charge in [0.25, 0.3) is 0 Å². The number of sulfonamides is 1. The van der Waals surface area contributed by atoms with Crippen LogP contribution in [-0.2, 0) is 22.3 Å². The van der Waals surface area contributed by atoms with Crippen LogP contribution in [0, 0.1) is 0 Å². The average molecular weight is 486 g/mol. The van der Waals surface area contributed by atoms with Gasteiger partial charge in [0.05, 0.1) is 25.0 Å². The van der Waals surface area contributed by atoms with Crippen molar-refractivity contribution in [2.75, 3.05) is 34.1 Å². The number of aliphatic hydroxyl groups is 1. The highest BCUT2D eigenvalue weighted by Gasteiger charge is 2.43. The van der Waals surface area contributed by atoms with Gasteiger partial charge in [0.1, 0.15) is 16.4 Å². The van der Waals surface area contributed by atoms with Crippen molar-refractivity contribution in [3.63, 3.8) is 0 Å². The smallest absolute Gasteiger partial charge is 0.242 e. The molecule has 8 nitrogen and oxygen atoms in total. The average Bonchev–Trinajstić information content (AvgIpc) is 3.07. The summed E-state index contributed by atoms with van der Waals surface area (Å²) >= 11 is 7.61. The van der Waals surface area contributed by atoms with Gasteiger partial charge < -0.3 is 19.5 Å². The summed E-state index contributed by atoms with van der Waals surface area (Å²) in [6.45, 7) is -0.0112. The first-order valence-corrected chi connectivity index (χ1v) is 12.1. The second-order valence-corrected chi connectivity index (χ2v) is 9.90. The highest BCUT2D eigenvalue weighted by molar-refractivity contribution is 8.14. The lowest BCUT2D eigenvalue weighted by Crippen LogP contribution is -2.42. The number of amidine groups is 1. The molecule has 1 aliphatic heterocycles. The zero-order valence-corrected chi connectivity index (χ0v) is 19.9. The van der Waals surface area contributed by atoms with Crippen molar-refractivity contribution in [1.29, 1.82) is 0 Å². The van der Waals surface area contributed by atoms with E-state index in [4.69, 9.17) is 21.1 Å². The Morgan fingerprint density at radius 1 is 1.26 bits per heavy atom. The quantitative estimate of drug-likeness (QED) is 0.621. The van der Waals surface area contributed by atoms with Crippen LogP contribution in [0.5, 0.6) is 11.5 Å². The number of aliphatic imine (C=N–C) groups is 1. The van der Waals surface area contributed by atoms with Crippen LogP contribution >= 0.6 is 23.4 Å². The lowest BCUT2D eigenvalue weighted by molar-refractivity contribution is -0.0349. The first kappa shape index (κ1) is 23.7. The summed E-state index contributed by atoms with van der Waals surface area (Å²) < 4.78 is 39.1. The Kier molecular flexibility index (Phi) is 7.07. The van der Waals surface area contributed by atoms with Gasteiger partial charge in [-0.3, -0.25) is 4.99 Å². The fourth-order valence-corrected chi connectivity index (χ4v) is 5.91. The van der Waals surface area contributed by atoms with Crippen molar-refractivity contribution in [2.24, 2.45) is 4.99 Å². The molecular weight excluding hydrogens is 462 g/mol. The van der Waals surface area contributed by atoms with Crippen molar-refractivity contribution in [1.82, 2.24) is 9.62 Å². The SMILES string of the molecule is CN=C1SCC(O)(c2ccc(Cl)c(S(=O)(=O)NCc3ccc(OC)cc3OC)c2)N1C. The predicted molar refractivity (Wildman–Crippen MR) is 123 cm³/mol. The Bertz CT molecular complexity index is 1110. The monoisotopic (exact) mass is 485 g/mol. The Morgan fingerprint density at radius 2 is 2.00 bits per heavy atom. The largest absolute Gasteiger partial charge is 0.497 e. The molecule has 1 fully saturated rings. The van der Waals surface area contributed by atoms with Crippen LogP contribution in [0.1, 0.15) is 11.1 Å². The molecule has 1 saturated heterocycles. The van der Waals surface area contributed by atoms with E-state index < -0.39 is 15.7 Å². The van der Waals surface area contributed by atoms with Crippen molar-refractivity contribution in [3.05, 3.63) is 52.5 Å². The lowest BCUT2D eigenvalue weighted by Gasteiger charge is -2.31. The van der Waals surface area contributed by atoms with Gasteiger partial charge in [-0.25, -0.2) is 13.1 Å². The van der Waals surface area contributed by atoms with Crippen LogP contribution in [0.2, 0.25) is 5.02 Å². The number of rotatable bonds is 7. The highest BCUT2D eigenvalue weighted by Crippen LogP contribution is 2.39. The van der Waals surface area contributed by atoms with E-state index in [9.17, 15) is 13.5 Å². The van der Waals surface area contributed by atoms with Gasteiger partial charge in [-0.2, -0.15) is 0 Å². The number of nitrogens with zero attached hydrogens (tertiary/aromatic N) is 2. The van der Waals surface area contributed by atoms with Gasteiger partial charge in [0, 0.05) is 37.8 Å². The molecule has 2 N–H and O–H groups in total. The van der Waals surface area contributed by atoms with E-state index in [-0.39, 0.29) is 16.5 Å². The van der Waals surface area contributed by atoms with Crippen molar-refractivity contribution < 1.29 is 23.0 Å². The molecule has 1 heterocycles. The Labute approximate surface area is 191 Å². The molecule has 0 aromatic heterocycles. The number of thioether (sulfide) groups is 1. The molecule has 1 unspecified atom stereocenters. The standard InChI is InChI=1S/C20H24ClN3O5S2/c1-22-19-24(2)20(25,12-30-19)14-6-8-16(21)18(9-14)31(26,27)23-11-13-5-7-15(28-3)10-17(13)29-4/h5-10,23,25H,11-12H2,1-4H3. The fourth-order valence-electron chi connectivity index (χ4n) is 3.22. The molecule has 0 bridgehead atoms. The number of benzene rings is 2. The van der Waals surface area contributed by atoms with Gasteiger partial charge in [-0.15, -0.1) is 0 Å². The zero-order valence-electron chi connectivity index (χ0n) is 17.5. The van der Waals surface area contributed by atoms with Crippen LogP contribution < -0.4 is 14.2 Å². The van der Waals surface area contributed by atoms with Crippen LogP contribution in [0.15, 0.2) is 46.3 Å². The van der Waals surface area contributed by atoms with E-state index in [1.54, 1.807) is 43.3 Å². The molecule has 0 spiro atoms. The van der Waals surface area contributed by atoms with Gasteiger partial charge in [-0.05, 0) is 18.2 Å². The number of methoxy groups -OCH3 is 2. The number of ether oxygens (including phenoxy) is 2. The minimum atomic E-state index is -3.98. The van der Waals surface area contributed by atoms with E-state index in [2.05, 4.69) is 9.71 Å². The Balaban J connectivity index is 1.89. The third-order valence-corrected chi connectivity index (χ3v) is 8.21. The second kappa shape index (κ2) is 9.25. The van der Waals surface area contributed by atoms with E-state index in [1.807, 2.05) is 0 Å². The molecule has 2 aromatic rings. The topological polar surface area (TPSA) is 100 Å². The molecule has 0 saturated carbocycles. The summed E-state index contributed by atoms with van der Waals surface area (Å²) in [5, 5.41) is 11.9. The van der Waals surface area contributed by atoms with E-state index in [1.165, 1.54) is 38.1 Å². The number of halogens is 1. The second-order valence-electron chi connectivity index (χ2n) is 6.82. The Morgan fingerprint density at radius 3 is 2.61 bits per heavy atom. The number of hydrogen-bond acceptors (Lipinski definition) is 7. The van der Waals surface area contributed by atoms with Crippen LogP contribution in [-0.4, -0.2) is 57.7 Å². The first-order chi connectivity index (χ1) is 14.7. The van der Waals surface area contributed by atoms with Crippen molar-refractivity contribution in [3.8, 4) is 11.5 Å². The maximum atomic E-state index is 13.0. The van der Waals surface area contributed by atoms with E-state index >= 15 is 0 Å². The number of hydrogen-bond donors (Lipinski definition) is 2. The first-order valence-electron chi connectivity index (χ1n) is 9.22. The van der Waals surface area contributed by atoms with E-state index in [0.717, 1.165) is 0 Å². The molecule has 3 rings (SSSR count). The normalized spacial score (nSPS) is 20.3. The zero-order chi connectivity index (χ0) is 22.8. The third-order valence-electron chi connectivity index (χ3n) is 5.07. The Hall–Kier alpha value is -1.98. The maximum absolute atomic E-state index is 13.0. The summed E-state index contributed by atoms with van der Waals surface area (Å²) in [5.41, 5.74) is -0.352. The van der Waals surface area contributed by atoms with Gasteiger partial charge in [-0.1, -0.05) is 35.5 Å². The summed E-state index contributed by atoms with van der Waals surface area (Å²) in [5.74, 6) is 1.40. The lowest BCUT2D eigenvalue weighted by atomic mass is 10.0. The minimum Gasteiger partial charge on any atom is -0.497 e. The summed E-state index contributed by atoms with van der Waals surface area (Å²) in [7, 11) is 2.40. The van der Waals surface area contributed by atoms with Crippen LogP contribution in [0.4, 0.5) is 0 Å². The molecule has 2 aromatic carbocycles. The number of nitrogens with one attached hydrogen (secondary N) is 1. The van der Waals surface area contributed by atoms with Gasteiger partial charge >= 0.3 is 0 Å². The molecule has 0 radical (unpaired) electrons. The highest BCUT2D eigenvalue weighted by atomic mass is 35.5. The minimum absolute atomic E-state index is 0.0112. The molecule has 0 amide bonds. The summed E-state index contributed by atoms with van der Waals surface area (Å²) in [6, 6.07) is 9.59. The molecule has 1 aliphatic rings. The molecule has 31 heavy (non-hydrogen) atoms. The molecular formula is C20H24ClN3O5S2. The van der Waals surface area contributed by atoms with Crippen LogP contribution in [0.3, 0.4) is 0 Å². The third kappa shape index (κ3) is 4.63. The molecule has 1 atom stereocenters. The molecule has 168 valence electrons. The van der Waals surface area contributed by atoms with Gasteiger partial charge in [0.2, 0.25) is 10.0 Å². The fraction of sp³-hybridized carbons (Fsp3) is 0.350.